The van der Waals surface area contributed by atoms with Crippen LogP contribution in [0.5, 0.6) is 0 Å². The molecule has 0 aliphatic carbocycles. The van der Waals surface area contributed by atoms with E-state index in [4.69, 9.17) is 0 Å². The maximum Gasteiger partial charge on any atom is -0.00262 e. The van der Waals surface area contributed by atoms with Crippen molar-refractivity contribution in [3.8, 4) is 44.5 Å². The van der Waals surface area contributed by atoms with Crippen LogP contribution in [0.3, 0.4) is 0 Å². The van der Waals surface area contributed by atoms with E-state index >= 15 is 0 Å². The molecule has 0 fully saturated rings. The summed E-state index contributed by atoms with van der Waals surface area (Å²) < 4.78 is 0. The first-order valence-electron chi connectivity index (χ1n) is 18.7. The Morgan fingerprint density at radius 3 is 1.26 bits per heavy atom. The molecule has 0 amide bonds. The third-order valence-corrected chi connectivity index (χ3v) is 11.4. The van der Waals surface area contributed by atoms with Crippen LogP contribution < -0.4 is 0 Å². The van der Waals surface area contributed by atoms with Crippen molar-refractivity contribution in [2.24, 2.45) is 0 Å². The molecule has 0 saturated heterocycles. The van der Waals surface area contributed by atoms with E-state index in [9.17, 15) is 0 Å². The Balaban J connectivity index is 1.07. The van der Waals surface area contributed by atoms with E-state index in [1.807, 2.05) is 0 Å². The van der Waals surface area contributed by atoms with Gasteiger partial charge in [-0.05, 0) is 133 Å². The van der Waals surface area contributed by atoms with Crippen molar-refractivity contribution in [1.82, 2.24) is 0 Å². The highest BCUT2D eigenvalue weighted by atomic mass is 14.2. The Labute approximate surface area is 314 Å². The minimum absolute atomic E-state index is 1.22. The highest BCUT2D eigenvalue weighted by Crippen LogP contribution is 2.45. The zero-order valence-corrected chi connectivity index (χ0v) is 29.6. The molecule has 0 saturated carbocycles. The molecule has 0 aromatic heterocycles. The maximum absolute atomic E-state index is 2.40. The van der Waals surface area contributed by atoms with Crippen LogP contribution in [0.25, 0.3) is 109 Å². The van der Waals surface area contributed by atoms with Gasteiger partial charge in [-0.1, -0.05) is 182 Å². The molecular formula is C54H34. The predicted molar refractivity (Wildman–Crippen MR) is 233 cm³/mol. The molecule has 250 valence electrons. The van der Waals surface area contributed by atoms with Crippen molar-refractivity contribution < 1.29 is 0 Å². The SMILES string of the molecule is c1ccc2cc(-c3ccc(-c4c5ccccc5c(-c5ccc6ccc(-c7cc8ccccc8c8ccccc78)cc6c5)c5ccccc45)cc3)ccc2c1. The highest BCUT2D eigenvalue weighted by molar-refractivity contribution is 6.22. The van der Waals surface area contributed by atoms with Crippen molar-refractivity contribution in [2.75, 3.05) is 0 Å². The van der Waals surface area contributed by atoms with Gasteiger partial charge in [-0.25, -0.2) is 0 Å². The lowest BCUT2D eigenvalue weighted by Crippen LogP contribution is -1.91. The van der Waals surface area contributed by atoms with Gasteiger partial charge in [-0.2, -0.15) is 0 Å². The minimum atomic E-state index is 1.22. The fourth-order valence-electron chi connectivity index (χ4n) is 8.81. The summed E-state index contributed by atoms with van der Waals surface area (Å²) in [4.78, 5) is 0. The van der Waals surface area contributed by atoms with Gasteiger partial charge in [0.2, 0.25) is 0 Å². The molecule has 11 rings (SSSR count). The molecule has 0 N–H and O–H groups in total. The molecule has 0 heterocycles. The fraction of sp³-hybridized carbons (Fsp3) is 0. The molecule has 0 radical (unpaired) electrons. The lowest BCUT2D eigenvalue weighted by molar-refractivity contribution is 1.63. The van der Waals surface area contributed by atoms with Crippen LogP contribution in [-0.2, 0) is 0 Å². The van der Waals surface area contributed by atoms with Crippen LogP contribution in [0, 0.1) is 0 Å². The molecule has 0 heteroatoms. The molecule has 0 nitrogen and oxygen atoms in total. The second-order valence-corrected chi connectivity index (χ2v) is 14.4. The first-order chi connectivity index (χ1) is 26.8. The van der Waals surface area contributed by atoms with Crippen molar-refractivity contribution in [3.05, 3.63) is 206 Å². The average molecular weight is 683 g/mol. The van der Waals surface area contributed by atoms with E-state index in [0.29, 0.717) is 0 Å². The summed E-state index contributed by atoms with van der Waals surface area (Å²) in [6.07, 6.45) is 0. The Morgan fingerprint density at radius 2 is 0.593 bits per heavy atom. The molecule has 0 spiro atoms. The van der Waals surface area contributed by atoms with Crippen molar-refractivity contribution >= 4 is 64.6 Å². The molecule has 0 aliphatic rings. The van der Waals surface area contributed by atoms with Gasteiger partial charge in [0, 0.05) is 0 Å². The molecule has 11 aromatic rings. The van der Waals surface area contributed by atoms with Gasteiger partial charge < -0.3 is 0 Å². The normalized spacial score (nSPS) is 11.7. The number of benzene rings is 11. The fourth-order valence-corrected chi connectivity index (χ4v) is 8.81. The molecular weight excluding hydrogens is 649 g/mol. The van der Waals surface area contributed by atoms with E-state index in [1.165, 1.54) is 109 Å². The number of hydrogen-bond acceptors (Lipinski definition) is 0. The second-order valence-electron chi connectivity index (χ2n) is 14.4. The van der Waals surface area contributed by atoms with Gasteiger partial charge in [-0.3, -0.25) is 0 Å². The van der Waals surface area contributed by atoms with Crippen LogP contribution in [-0.4, -0.2) is 0 Å². The Bertz CT molecular complexity index is 3200. The van der Waals surface area contributed by atoms with Gasteiger partial charge in [0.15, 0.2) is 0 Å². The Hall–Kier alpha value is -7.02. The monoisotopic (exact) mass is 682 g/mol. The maximum atomic E-state index is 2.40. The molecule has 0 aliphatic heterocycles. The van der Waals surface area contributed by atoms with Crippen molar-refractivity contribution in [2.45, 2.75) is 0 Å². The Morgan fingerprint density at radius 1 is 0.185 bits per heavy atom. The topological polar surface area (TPSA) is 0 Å². The summed E-state index contributed by atoms with van der Waals surface area (Å²) in [7, 11) is 0. The third-order valence-electron chi connectivity index (χ3n) is 11.4. The zero-order valence-electron chi connectivity index (χ0n) is 29.6. The summed E-state index contributed by atoms with van der Waals surface area (Å²) in [5.41, 5.74) is 9.98. The van der Waals surface area contributed by atoms with E-state index in [1.54, 1.807) is 0 Å². The number of rotatable bonds is 4. The molecule has 54 heavy (non-hydrogen) atoms. The summed E-state index contributed by atoms with van der Waals surface area (Å²) in [5, 5.41) is 15.2. The lowest BCUT2D eigenvalue weighted by Gasteiger charge is -2.18. The quantitative estimate of drug-likeness (QED) is 0.128. The van der Waals surface area contributed by atoms with E-state index < -0.39 is 0 Å². The van der Waals surface area contributed by atoms with Crippen LogP contribution in [0.1, 0.15) is 0 Å². The van der Waals surface area contributed by atoms with Gasteiger partial charge in [0.1, 0.15) is 0 Å². The van der Waals surface area contributed by atoms with Crippen molar-refractivity contribution in [1.29, 1.82) is 0 Å². The smallest absolute Gasteiger partial charge is 0.00262 e. The lowest BCUT2D eigenvalue weighted by atomic mass is 9.85. The van der Waals surface area contributed by atoms with E-state index in [0.717, 1.165) is 0 Å². The first kappa shape index (κ1) is 30.6. The first-order valence-corrected chi connectivity index (χ1v) is 18.7. The molecule has 0 atom stereocenters. The van der Waals surface area contributed by atoms with Gasteiger partial charge in [0.05, 0.1) is 0 Å². The third kappa shape index (κ3) is 4.92. The molecule has 0 unspecified atom stereocenters. The van der Waals surface area contributed by atoms with Gasteiger partial charge in [0.25, 0.3) is 0 Å². The summed E-state index contributed by atoms with van der Waals surface area (Å²) in [5.74, 6) is 0. The average Bonchev–Trinajstić information content (AvgIpc) is 3.24. The van der Waals surface area contributed by atoms with Crippen LogP contribution in [0.2, 0.25) is 0 Å². The number of hydrogen-bond donors (Lipinski definition) is 0. The predicted octanol–water partition coefficient (Wildman–Crippen LogP) is 15.3. The molecule has 0 bridgehead atoms. The molecule has 11 aromatic carbocycles. The Kier molecular flexibility index (Phi) is 6.97. The summed E-state index contributed by atoms with van der Waals surface area (Å²) in [6.45, 7) is 0. The van der Waals surface area contributed by atoms with Crippen LogP contribution >= 0.6 is 0 Å². The largest absolute Gasteiger partial charge is 0.0616 e. The minimum Gasteiger partial charge on any atom is -0.0616 e. The van der Waals surface area contributed by atoms with E-state index in [2.05, 4.69) is 206 Å². The van der Waals surface area contributed by atoms with E-state index in [-0.39, 0.29) is 0 Å². The van der Waals surface area contributed by atoms with Gasteiger partial charge >= 0.3 is 0 Å². The van der Waals surface area contributed by atoms with Gasteiger partial charge in [-0.15, -0.1) is 0 Å². The number of fused-ring (bicyclic) bond motifs is 7. The summed E-state index contributed by atoms with van der Waals surface area (Å²) in [6, 6.07) is 76.2. The summed E-state index contributed by atoms with van der Waals surface area (Å²) >= 11 is 0. The second kappa shape index (κ2) is 12.3. The highest BCUT2D eigenvalue weighted by Gasteiger charge is 2.17. The van der Waals surface area contributed by atoms with Crippen LogP contribution in [0.4, 0.5) is 0 Å². The van der Waals surface area contributed by atoms with Crippen LogP contribution in [0.15, 0.2) is 206 Å². The zero-order chi connectivity index (χ0) is 35.6. The van der Waals surface area contributed by atoms with Crippen molar-refractivity contribution in [3.63, 3.8) is 0 Å². The standard InChI is InChI=1S/C54H34/c1-2-12-39-31-40(28-23-35(39)11-1)36-21-26-38(27-22-36)53-48-17-7-9-19-50(48)54(51-20-10-8-18-49(51)53)43-30-25-37-24-29-42(32-44(37)33-43)52-34-41-13-3-4-14-45(41)46-15-5-6-16-47(46)52/h1-34H.